The number of hydrazone groups is 1. The molecular formula is C19H13ClF3N3. The minimum Gasteiger partial charge on any atom is -0.260 e. The summed E-state index contributed by atoms with van der Waals surface area (Å²) < 4.78 is 37.7. The Morgan fingerprint density at radius 3 is 2.23 bits per heavy atom. The fourth-order valence-electron chi connectivity index (χ4n) is 2.24. The summed E-state index contributed by atoms with van der Waals surface area (Å²) in [5.74, 6) is 0.0526. The van der Waals surface area contributed by atoms with Gasteiger partial charge in [0.15, 0.2) is 5.82 Å². The molecule has 2 aromatic carbocycles. The van der Waals surface area contributed by atoms with Crippen LogP contribution in [0, 0.1) is 0 Å². The zero-order chi connectivity index (χ0) is 18.6. The van der Waals surface area contributed by atoms with Gasteiger partial charge in [-0.25, -0.2) is 4.98 Å². The number of rotatable bonds is 4. The Kier molecular flexibility index (Phi) is 5.23. The van der Waals surface area contributed by atoms with Gasteiger partial charge >= 0.3 is 6.18 Å². The molecule has 0 radical (unpaired) electrons. The molecule has 26 heavy (non-hydrogen) atoms. The second-order valence-electron chi connectivity index (χ2n) is 5.41. The fourth-order valence-corrected chi connectivity index (χ4v) is 2.44. The van der Waals surface area contributed by atoms with Crippen molar-refractivity contribution in [2.45, 2.75) is 6.18 Å². The van der Waals surface area contributed by atoms with Crippen LogP contribution in [0.2, 0.25) is 5.02 Å². The maximum absolute atomic E-state index is 12.6. The molecule has 7 heteroatoms. The van der Waals surface area contributed by atoms with Crippen LogP contribution in [0.1, 0.15) is 11.1 Å². The molecule has 0 atom stereocenters. The maximum Gasteiger partial charge on any atom is 0.417 e. The van der Waals surface area contributed by atoms with Crippen molar-refractivity contribution < 1.29 is 13.2 Å². The molecule has 0 spiro atoms. The number of benzene rings is 2. The van der Waals surface area contributed by atoms with Gasteiger partial charge in [0.1, 0.15) is 0 Å². The number of hydrogen-bond donors (Lipinski definition) is 1. The van der Waals surface area contributed by atoms with E-state index in [0.29, 0.717) is 6.20 Å². The Balaban J connectivity index is 1.67. The van der Waals surface area contributed by atoms with Gasteiger partial charge in [0, 0.05) is 6.20 Å². The van der Waals surface area contributed by atoms with Gasteiger partial charge in [-0.2, -0.15) is 18.3 Å². The first kappa shape index (κ1) is 17.9. The third-order valence-corrected chi connectivity index (χ3v) is 3.86. The maximum atomic E-state index is 12.6. The van der Waals surface area contributed by atoms with Crippen LogP contribution in [0.4, 0.5) is 19.0 Å². The third kappa shape index (κ3) is 4.40. The van der Waals surface area contributed by atoms with Gasteiger partial charge in [0.05, 0.1) is 16.8 Å². The first-order valence-corrected chi connectivity index (χ1v) is 7.98. The van der Waals surface area contributed by atoms with E-state index < -0.39 is 11.7 Å². The van der Waals surface area contributed by atoms with Crippen LogP contribution in [0.3, 0.4) is 0 Å². The number of alkyl halides is 3. The zero-order valence-electron chi connectivity index (χ0n) is 13.3. The van der Waals surface area contributed by atoms with Crippen LogP contribution >= 0.6 is 11.6 Å². The van der Waals surface area contributed by atoms with E-state index in [2.05, 4.69) is 15.5 Å². The van der Waals surface area contributed by atoms with Crippen LogP contribution in [0.5, 0.6) is 0 Å². The van der Waals surface area contributed by atoms with Gasteiger partial charge in [-0.1, -0.05) is 66.2 Å². The molecule has 0 saturated heterocycles. The van der Waals surface area contributed by atoms with Crippen molar-refractivity contribution in [1.29, 1.82) is 0 Å². The first-order valence-electron chi connectivity index (χ1n) is 7.61. The van der Waals surface area contributed by atoms with E-state index in [1.54, 1.807) is 0 Å². The van der Waals surface area contributed by atoms with E-state index in [0.717, 1.165) is 22.8 Å². The Hall–Kier alpha value is -2.86. The van der Waals surface area contributed by atoms with E-state index >= 15 is 0 Å². The highest BCUT2D eigenvalue weighted by molar-refractivity contribution is 6.32. The Bertz CT molecular complexity index is 908. The largest absolute Gasteiger partial charge is 0.417 e. The first-order chi connectivity index (χ1) is 12.4. The predicted molar refractivity (Wildman–Crippen MR) is 97.3 cm³/mol. The standard InChI is InChI=1S/C19H13ClF3N3/c20-17-10-16(19(21,22)23)12-24-18(17)26-25-11-13-6-8-15(9-7-13)14-4-2-1-3-5-14/h1-12H,(H,24,26)/b25-11+. The van der Waals surface area contributed by atoms with Crippen molar-refractivity contribution in [3.63, 3.8) is 0 Å². The molecule has 0 unspecified atom stereocenters. The van der Waals surface area contributed by atoms with Crippen LogP contribution in [0.15, 0.2) is 72.0 Å². The summed E-state index contributed by atoms with van der Waals surface area (Å²) in [5.41, 5.74) is 4.64. The molecule has 0 fully saturated rings. The second kappa shape index (κ2) is 7.58. The van der Waals surface area contributed by atoms with Gasteiger partial charge in [0.25, 0.3) is 0 Å². The lowest BCUT2D eigenvalue weighted by Gasteiger charge is -2.08. The van der Waals surface area contributed by atoms with E-state index in [1.165, 1.54) is 6.21 Å². The Morgan fingerprint density at radius 2 is 1.62 bits per heavy atom. The highest BCUT2D eigenvalue weighted by Gasteiger charge is 2.31. The fraction of sp³-hybridized carbons (Fsp3) is 0.0526. The van der Waals surface area contributed by atoms with Gasteiger partial charge in [-0.3, -0.25) is 5.43 Å². The number of aromatic nitrogens is 1. The second-order valence-corrected chi connectivity index (χ2v) is 5.82. The average Bonchev–Trinajstić information content (AvgIpc) is 2.63. The molecule has 1 N–H and O–H groups in total. The summed E-state index contributed by atoms with van der Waals surface area (Å²) in [6.07, 6.45) is -2.25. The smallest absolute Gasteiger partial charge is 0.260 e. The van der Waals surface area contributed by atoms with E-state index in [9.17, 15) is 13.2 Å². The van der Waals surface area contributed by atoms with Crippen molar-refractivity contribution in [3.8, 4) is 11.1 Å². The minimum absolute atomic E-state index is 0.0526. The molecule has 3 nitrogen and oxygen atoms in total. The molecule has 0 bridgehead atoms. The average molecular weight is 376 g/mol. The number of nitrogens with one attached hydrogen (secondary N) is 1. The summed E-state index contributed by atoms with van der Waals surface area (Å²) in [6, 6.07) is 18.4. The van der Waals surface area contributed by atoms with Crippen LogP contribution in [-0.4, -0.2) is 11.2 Å². The van der Waals surface area contributed by atoms with Crippen molar-refractivity contribution in [2.75, 3.05) is 5.43 Å². The summed E-state index contributed by atoms with van der Waals surface area (Å²) in [4.78, 5) is 3.65. The van der Waals surface area contributed by atoms with Gasteiger partial charge in [-0.15, -0.1) is 0 Å². The number of pyridine rings is 1. The molecule has 1 aromatic heterocycles. The normalized spacial score (nSPS) is 11.7. The predicted octanol–water partition coefficient (Wildman–Crippen LogP) is 5.87. The third-order valence-electron chi connectivity index (χ3n) is 3.57. The molecule has 0 aliphatic carbocycles. The number of hydrogen-bond acceptors (Lipinski definition) is 3. The van der Waals surface area contributed by atoms with Crippen LogP contribution in [-0.2, 0) is 6.18 Å². The van der Waals surface area contributed by atoms with Crippen LogP contribution in [0.25, 0.3) is 11.1 Å². The molecule has 0 saturated carbocycles. The van der Waals surface area contributed by atoms with Gasteiger partial charge in [-0.05, 0) is 22.8 Å². The van der Waals surface area contributed by atoms with E-state index in [1.807, 2.05) is 54.6 Å². The Labute approximate surface area is 153 Å². The van der Waals surface area contributed by atoms with Crippen molar-refractivity contribution in [1.82, 2.24) is 4.98 Å². The summed E-state index contributed by atoms with van der Waals surface area (Å²) >= 11 is 5.81. The van der Waals surface area contributed by atoms with Gasteiger partial charge < -0.3 is 0 Å². The number of halogens is 4. The molecule has 0 aliphatic heterocycles. The van der Waals surface area contributed by atoms with E-state index in [4.69, 9.17) is 11.6 Å². The van der Waals surface area contributed by atoms with Gasteiger partial charge in [0.2, 0.25) is 0 Å². The lowest BCUT2D eigenvalue weighted by atomic mass is 10.0. The zero-order valence-corrected chi connectivity index (χ0v) is 14.1. The summed E-state index contributed by atoms with van der Waals surface area (Å²) in [6.45, 7) is 0. The Morgan fingerprint density at radius 1 is 0.962 bits per heavy atom. The highest BCUT2D eigenvalue weighted by atomic mass is 35.5. The summed E-state index contributed by atoms with van der Waals surface area (Å²) in [5, 5.41) is 3.81. The van der Waals surface area contributed by atoms with Crippen LogP contribution < -0.4 is 5.43 Å². The highest BCUT2D eigenvalue weighted by Crippen LogP contribution is 2.32. The quantitative estimate of drug-likeness (QED) is 0.457. The summed E-state index contributed by atoms with van der Waals surface area (Å²) in [7, 11) is 0. The molecular weight excluding hydrogens is 363 g/mol. The minimum atomic E-state index is -4.49. The molecule has 0 aliphatic rings. The topological polar surface area (TPSA) is 37.3 Å². The molecule has 0 amide bonds. The SMILES string of the molecule is FC(F)(F)c1cnc(N/N=C/c2ccc(-c3ccccc3)cc2)c(Cl)c1. The van der Waals surface area contributed by atoms with Crippen molar-refractivity contribution >= 4 is 23.6 Å². The number of anilines is 1. The molecule has 132 valence electrons. The lowest BCUT2D eigenvalue weighted by molar-refractivity contribution is -0.137. The van der Waals surface area contributed by atoms with Crippen molar-refractivity contribution in [2.24, 2.45) is 5.10 Å². The lowest BCUT2D eigenvalue weighted by Crippen LogP contribution is -2.06. The number of nitrogens with zero attached hydrogens (tertiary/aromatic N) is 2. The monoisotopic (exact) mass is 375 g/mol. The molecule has 3 rings (SSSR count). The molecule has 1 heterocycles. The van der Waals surface area contributed by atoms with Crippen molar-refractivity contribution in [3.05, 3.63) is 83.0 Å². The van der Waals surface area contributed by atoms with E-state index in [-0.39, 0.29) is 10.8 Å². The molecule has 3 aromatic rings.